The molecule has 3 unspecified atom stereocenters. The predicted octanol–water partition coefficient (Wildman–Crippen LogP) is 1.49. The first-order valence-corrected chi connectivity index (χ1v) is 11.9. The monoisotopic (exact) mass is 470 g/mol. The van der Waals surface area contributed by atoms with Gasteiger partial charge in [-0.15, -0.1) is 10.2 Å². The number of fused-ring (bicyclic) bond motifs is 1. The van der Waals surface area contributed by atoms with E-state index in [0.717, 1.165) is 17.5 Å². The summed E-state index contributed by atoms with van der Waals surface area (Å²) in [5.41, 5.74) is 2.48. The van der Waals surface area contributed by atoms with Gasteiger partial charge in [0.05, 0.1) is 19.0 Å². The van der Waals surface area contributed by atoms with Crippen LogP contribution >= 0.6 is 0 Å². The lowest BCUT2D eigenvalue weighted by Gasteiger charge is -2.35. The van der Waals surface area contributed by atoms with Crippen molar-refractivity contribution in [3.8, 4) is 16.9 Å². The number of hydrogen-bond donors (Lipinski definition) is 2. The van der Waals surface area contributed by atoms with Crippen LogP contribution in [0.2, 0.25) is 0 Å². The van der Waals surface area contributed by atoms with E-state index in [4.69, 9.17) is 9.72 Å². The molecule has 1 aliphatic heterocycles. The van der Waals surface area contributed by atoms with Gasteiger partial charge in [0.15, 0.2) is 16.4 Å². The van der Waals surface area contributed by atoms with Crippen LogP contribution in [-0.4, -0.2) is 74.0 Å². The van der Waals surface area contributed by atoms with E-state index < -0.39 is 11.0 Å². The molecule has 5 rings (SSSR count). The number of aromatic amines is 1. The fourth-order valence-electron chi connectivity index (χ4n) is 4.07. The number of hydrogen-bond acceptors (Lipinski definition) is 8. The normalized spacial score (nSPS) is 20.2. The minimum Gasteiger partial charge on any atom is -0.489 e. The smallest absolute Gasteiger partial charge is 0.243 e. The minimum absolute atomic E-state index is 0.154. The fourth-order valence-corrected chi connectivity index (χ4v) is 5.31. The number of aromatic nitrogens is 8. The van der Waals surface area contributed by atoms with Crippen LogP contribution in [0.4, 0.5) is 5.95 Å². The number of nitrogens with one attached hydrogen (secondary N) is 2. The Morgan fingerprint density at radius 3 is 2.91 bits per heavy atom. The third kappa shape index (κ3) is 4.20. The highest BCUT2D eigenvalue weighted by Crippen LogP contribution is 2.33. The molecule has 4 aromatic rings. The van der Waals surface area contributed by atoms with Crippen molar-refractivity contribution < 1.29 is 8.95 Å². The summed E-state index contributed by atoms with van der Waals surface area (Å²) in [4.78, 5) is 6.15. The van der Waals surface area contributed by atoms with Gasteiger partial charge >= 0.3 is 0 Å². The number of nitrogens with zero attached hydrogens (tertiary/aromatic N) is 8. The summed E-state index contributed by atoms with van der Waals surface area (Å²) in [6, 6.07) is 2.10. The summed E-state index contributed by atoms with van der Waals surface area (Å²) in [5.74, 6) is 1.45. The minimum atomic E-state index is -1.31. The maximum atomic E-state index is 12.8. The molecule has 1 saturated heterocycles. The molecule has 12 nitrogen and oxygen atoms in total. The maximum absolute atomic E-state index is 12.8. The molecule has 0 spiro atoms. The van der Waals surface area contributed by atoms with Gasteiger partial charge in [-0.25, -0.2) is 13.0 Å². The van der Waals surface area contributed by atoms with E-state index in [1.807, 2.05) is 29.7 Å². The van der Waals surface area contributed by atoms with Crippen molar-refractivity contribution in [1.29, 1.82) is 0 Å². The van der Waals surface area contributed by atoms with E-state index in [2.05, 4.69) is 37.7 Å². The lowest BCUT2D eigenvalue weighted by molar-refractivity contribution is 0.269. The summed E-state index contributed by atoms with van der Waals surface area (Å²) >= 11 is 0. The maximum Gasteiger partial charge on any atom is 0.243 e. The molecule has 0 bridgehead atoms. The molecule has 0 aromatic carbocycles. The molecule has 5 heterocycles. The Bertz CT molecular complexity index is 1270. The fraction of sp³-hybridized carbons (Fsp3) is 0.450. The van der Waals surface area contributed by atoms with E-state index >= 15 is 0 Å². The van der Waals surface area contributed by atoms with Crippen LogP contribution in [0, 0.1) is 5.92 Å². The highest BCUT2D eigenvalue weighted by Gasteiger charge is 2.31. The van der Waals surface area contributed by atoms with Crippen molar-refractivity contribution in [2.24, 2.45) is 13.0 Å². The molecule has 1 aliphatic rings. The van der Waals surface area contributed by atoms with E-state index in [1.54, 1.807) is 24.0 Å². The average Bonchev–Trinajstić information content (AvgIpc) is 3.56. The molecular weight excluding hydrogens is 444 g/mol. The van der Waals surface area contributed by atoms with Gasteiger partial charge in [-0.1, -0.05) is 6.92 Å². The van der Waals surface area contributed by atoms with Gasteiger partial charge in [-0.2, -0.15) is 20.0 Å². The van der Waals surface area contributed by atoms with E-state index in [1.165, 1.54) is 4.80 Å². The molecule has 13 heteroatoms. The Kier molecular flexibility index (Phi) is 5.81. The van der Waals surface area contributed by atoms with Crippen molar-refractivity contribution in [1.82, 2.24) is 44.1 Å². The molecule has 0 amide bonds. The zero-order valence-corrected chi connectivity index (χ0v) is 19.5. The third-order valence-electron chi connectivity index (χ3n) is 5.73. The van der Waals surface area contributed by atoms with Gasteiger partial charge < -0.3 is 10.1 Å². The predicted molar refractivity (Wildman–Crippen MR) is 122 cm³/mol. The number of H-pyrrole nitrogens is 1. The van der Waals surface area contributed by atoms with Crippen LogP contribution in [-0.2, 0) is 18.0 Å². The van der Waals surface area contributed by atoms with Crippen molar-refractivity contribution in [2.45, 2.75) is 31.3 Å². The van der Waals surface area contributed by atoms with Gasteiger partial charge in [0.25, 0.3) is 0 Å². The Morgan fingerprint density at radius 1 is 1.33 bits per heavy atom. The molecule has 3 atom stereocenters. The molecule has 33 heavy (non-hydrogen) atoms. The lowest BCUT2D eigenvalue weighted by Crippen LogP contribution is -2.46. The van der Waals surface area contributed by atoms with E-state index in [-0.39, 0.29) is 12.0 Å². The third-order valence-corrected chi connectivity index (χ3v) is 7.08. The van der Waals surface area contributed by atoms with Gasteiger partial charge in [0.1, 0.15) is 11.0 Å². The van der Waals surface area contributed by atoms with Crippen LogP contribution < -0.4 is 10.1 Å². The lowest BCUT2D eigenvalue weighted by atomic mass is 9.95. The molecule has 0 aliphatic carbocycles. The number of anilines is 1. The molecular formula is C20H26N10O2S. The second kappa shape index (κ2) is 8.90. The molecule has 0 saturated carbocycles. The summed E-state index contributed by atoms with van der Waals surface area (Å²) in [6.45, 7) is 5.93. The number of piperidine rings is 1. The van der Waals surface area contributed by atoms with Crippen molar-refractivity contribution in [3.05, 3.63) is 30.9 Å². The van der Waals surface area contributed by atoms with E-state index in [0.29, 0.717) is 42.1 Å². The van der Waals surface area contributed by atoms with Gasteiger partial charge in [-0.05, 0) is 25.3 Å². The molecule has 174 valence electrons. The Morgan fingerprint density at radius 2 is 2.21 bits per heavy atom. The first kappa shape index (κ1) is 21.5. The van der Waals surface area contributed by atoms with Crippen molar-refractivity contribution in [3.63, 3.8) is 0 Å². The largest absolute Gasteiger partial charge is 0.489 e. The first-order valence-electron chi connectivity index (χ1n) is 10.8. The van der Waals surface area contributed by atoms with Crippen molar-refractivity contribution in [2.75, 3.05) is 25.0 Å². The summed E-state index contributed by atoms with van der Waals surface area (Å²) in [7, 11) is 0.404. The quantitative estimate of drug-likeness (QED) is 0.415. The Labute approximate surface area is 192 Å². The summed E-state index contributed by atoms with van der Waals surface area (Å²) < 4.78 is 22.4. The Balaban J connectivity index is 1.33. The highest BCUT2D eigenvalue weighted by molar-refractivity contribution is 7.82. The highest BCUT2D eigenvalue weighted by atomic mass is 32.2. The topological polar surface area (TPSA) is 131 Å². The average molecular weight is 471 g/mol. The van der Waals surface area contributed by atoms with Crippen LogP contribution in [0.15, 0.2) is 35.9 Å². The van der Waals surface area contributed by atoms with Gasteiger partial charge in [0, 0.05) is 49.7 Å². The first-order chi connectivity index (χ1) is 16.0. The van der Waals surface area contributed by atoms with Crippen LogP contribution in [0.3, 0.4) is 0 Å². The van der Waals surface area contributed by atoms with E-state index in [9.17, 15) is 4.21 Å². The molecule has 4 aromatic heterocycles. The second-order valence-corrected chi connectivity index (χ2v) is 9.44. The Hall–Kier alpha value is -3.32. The second-order valence-electron chi connectivity index (χ2n) is 8.01. The zero-order chi connectivity index (χ0) is 22.9. The number of rotatable bonds is 7. The summed E-state index contributed by atoms with van der Waals surface area (Å²) in [6.07, 6.45) is 7.81. The van der Waals surface area contributed by atoms with Crippen LogP contribution in [0.25, 0.3) is 16.8 Å². The van der Waals surface area contributed by atoms with Gasteiger partial charge in [0.2, 0.25) is 5.95 Å². The molecule has 2 N–H and O–H groups in total. The number of pyridine rings is 1. The number of aryl methyl sites for hydroxylation is 1. The van der Waals surface area contributed by atoms with Crippen LogP contribution in [0.5, 0.6) is 5.75 Å². The molecule has 1 fully saturated rings. The SMILES string of the molecule is CCOc1c(-c2cn[nH]c2)ccn2nc(NC3CCN(S(=O)c4cnn(C)n4)CC3C)nc12. The number of ether oxygens (including phenoxy) is 1. The molecule has 0 radical (unpaired) electrons. The van der Waals surface area contributed by atoms with Crippen LogP contribution in [0.1, 0.15) is 20.3 Å². The van der Waals surface area contributed by atoms with Crippen molar-refractivity contribution >= 4 is 22.6 Å². The zero-order valence-electron chi connectivity index (χ0n) is 18.7. The summed E-state index contributed by atoms with van der Waals surface area (Å²) in [5, 5.41) is 23.6. The van der Waals surface area contributed by atoms with Gasteiger partial charge in [-0.3, -0.25) is 5.10 Å². The standard InChI is InChI=1S/C20H26N10O2S/c1-4-32-18-15(14-9-21-22-10-14)5-8-30-19(18)25-20(27-30)24-16-6-7-29(12-13(16)2)33(31)17-11-23-28(3)26-17/h5,8-11,13,16H,4,6-7,12H2,1-3H3,(H,21,22)(H,24,27).